The normalized spacial score (nSPS) is 31.2. The zero-order valence-electron chi connectivity index (χ0n) is 16.5. The highest BCUT2D eigenvalue weighted by Gasteiger charge is 2.74. The van der Waals surface area contributed by atoms with Crippen LogP contribution in [0.5, 0.6) is 0 Å². The van der Waals surface area contributed by atoms with Gasteiger partial charge in [0.2, 0.25) is 0 Å². The number of ether oxygens (including phenoxy) is 1. The van der Waals surface area contributed by atoms with E-state index in [1.54, 1.807) is 4.90 Å². The molecular weight excluding hydrogens is 412 g/mol. The van der Waals surface area contributed by atoms with Crippen molar-refractivity contribution in [1.82, 2.24) is 4.90 Å². The monoisotopic (exact) mass is 432 g/mol. The SMILES string of the molecule is O=C1N(Cc2ccccc2)C[C@@H]2[C@@H](c3cccs3)[C@]3(O[C@]12O)C(=O)Nc1ccccc13. The summed E-state index contributed by atoms with van der Waals surface area (Å²) in [6, 6.07) is 20.9. The molecule has 3 aromatic rings. The Labute approximate surface area is 183 Å². The van der Waals surface area contributed by atoms with Gasteiger partial charge in [0.05, 0.1) is 5.92 Å². The van der Waals surface area contributed by atoms with Gasteiger partial charge in [0.1, 0.15) is 0 Å². The summed E-state index contributed by atoms with van der Waals surface area (Å²) in [5.74, 6) is -3.93. The van der Waals surface area contributed by atoms with Gasteiger partial charge in [-0.2, -0.15) is 0 Å². The molecule has 31 heavy (non-hydrogen) atoms. The topological polar surface area (TPSA) is 78.9 Å². The molecule has 3 aliphatic rings. The number of nitrogens with one attached hydrogen (secondary N) is 1. The van der Waals surface area contributed by atoms with Crippen LogP contribution in [-0.2, 0) is 26.5 Å². The van der Waals surface area contributed by atoms with Gasteiger partial charge in [0.15, 0.2) is 5.60 Å². The van der Waals surface area contributed by atoms with Crippen LogP contribution < -0.4 is 5.32 Å². The number of aliphatic hydroxyl groups is 1. The molecule has 4 heterocycles. The molecule has 6 nitrogen and oxygen atoms in total. The summed E-state index contributed by atoms with van der Waals surface area (Å²) in [4.78, 5) is 29.3. The van der Waals surface area contributed by atoms with E-state index in [4.69, 9.17) is 4.74 Å². The van der Waals surface area contributed by atoms with Crippen LogP contribution in [0.4, 0.5) is 5.69 Å². The van der Waals surface area contributed by atoms with Crippen molar-refractivity contribution in [3.63, 3.8) is 0 Å². The third kappa shape index (κ3) is 2.45. The van der Waals surface area contributed by atoms with Gasteiger partial charge in [0.25, 0.3) is 17.6 Å². The number of benzene rings is 2. The molecule has 2 saturated heterocycles. The van der Waals surface area contributed by atoms with Crippen LogP contribution in [0.15, 0.2) is 72.1 Å². The van der Waals surface area contributed by atoms with Crippen LogP contribution >= 0.6 is 11.3 Å². The molecular formula is C24H20N2O4S. The first-order valence-corrected chi connectivity index (χ1v) is 11.1. The molecule has 1 spiro atoms. The number of fused-ring (bicyclic) bond motifs is 3. The maximum Gasteiger partial charge on any atom is 0.283 e. The van der Waals surface area contributed by atoms with E-state index in [1.807, 2.05) is 72.1 Å². The fourth-order valence-electron chi connectivity index (χ4n) is 5.34. The van der Waals surface area contributed by atoms with Crippen molar-refractivity contribution < 1.29 is 19.4 Å². The number of rotatable bonds is 3. The zero-order chi connectivity index (χ0) is 21.2. The molecule has 1 aromatic heterocycles. The zero-order valence-corrected chi connectivity index (χ0v) is 17.3. The number of carbonyl (C=O) groups is 2. The van der Waals surface area contributed by atoms with Gasteiger partial charge in [-0.25, -0.2) is 0 Å². The summed E-state index contributed by atoms with van der Waals surface area (Å²) >= 11 is 1.51. The number of thiophene rings is 1. The minimum absolute atomic E-state index is 0.310. The molecule has 156 valence electrons. The third-order valence-electron chi connectivity index (χ3n) is 6.65. The Hall–Kier alpha value is -3.00. The van der Waals surface area contributed by atoms with Crippen molar-refractivity contribution >= 4 is 28.8 Å². The highest BCUT2D eigenvalue weighted by atomic mass is 32.1. The minimum Gasteiger partial charge on any atom is -0.358 e. The van der Waals surface area contributed by atoms with Gasteiger partial charge in [-0.15, -0.1) is 11.3 Å². The van der Waals surface area contributed by atoms with E-state index in [0.29, 0.717) is 24.3 Å². The number of likely N-dealkylation sites (tertiary alicyclic amines) is 1. The van der Waals surface area contributed by atoms with Crippen molar-refractivity contribution in [1.29, 1.82) is 0 Å². The Kier molecular flexibility index (Phi) is 3.93. The molecule has 0 unspecified atom stereocenters. The maximum atomic E-state index is 13.4. The van der Waals surface area contributed by atoms with Gasteiger partial charge in [-0.05, 0) is 23.1 Å². The first-order valence-electron chi connectivity index (χ1n) is 10.2. The van der Waals surface area contributed by atoms with Gasteiger partial charge < -0.3 is 20.1 Å². The predicted octanol–water partition coefficient (Wildman–Crippen LogP) is 3.06. The van der Waals surface area contributed by atoms with Crippen molar-refractivity contribution in [3.8, 4) is 0 Å². The Morgan fingerprint density at radius 1 is 1.06 bits per heavy atom. The first-order chi connectivity index (χ1) is 15.0. The van der Waals surface area contributed by atoms with Crippen molar-refractivity contribution in [2.45, 2.75) is 23.9 Å². The highest BCUT2D eigenvalue weighted by Crippen LogP contribution is 2.62. The smallest absolute Gasteiger partial charge is 0.283 e. The number of amides is 2. The standard InChI is InChI=1S/C24H20N2O4S/c27-21-23(16-9-4-5-10-18(16)25-21)20(19-11-6-12-31-19)17-14-26(22(28)24(17,29)30-23)13-15-7-2-1-3-8-15/h1-12,17,20,29H,13-14H2,(H,25,27)/t17-,20+,23+,24+/m1/s1. The fraction of sp³-hybridized carbons (Fsp3) is 0.250. The number of hydrogen-bond donors (Lipinski definition) is 2. The molecule has 7 heteroatoms. The van der Waals surface area contributed by atoms with E-state index in [1.165, 1.54) is 11.3 Å². The van der Waals surface area contributed by atoms with E-state index < -0.39 is 29.1 Å². The van der Waals surface area contributed by atoms with E-state index in [9.17, 15) is 14.7 Å². The van der Waals surface area contributed by atoms with Crippen LogP contribution in [0.1, 0.15) is 21.9 Å². The largest absolute Gasteiger partial charge is 0.358 e. The summed E-state index contributed by atoms with van der Waals surface area (Å²) in [7, 11) is 0. The van der Waals surface area contributed by atoms with E-state index in [-0.39, 0.29) is 5.91 Å². The van der Waals surface area contributed by atoms with E-state index in [2.05, 4.69) is 5.32 Å². The molecule has 4 atom stereocenters. The first kappa shape index (κ1) is 18.7. The lowest BCUT2D eigenvalue weighted by Crippen LogP contribution is -2.47. The molecule has 0 bridgehead atoms. The van der Waals surface area contributed by atoms with Crippen molar-refractivity contribution in [3.05, 3.63) is 88.1 Å². The van der Waals surface area contributed by atoms with Crippen molar-refractivity contribution in [2.24, 2.45) is 5.92 Å². The fourth-order valence-corrected chi connectivity index (χ4v) is 6.29. The van der Waals surface area contributed by atoms with Crippen LogP contribution in [0, 0.1) is 5.92 Å². The Morgan fingerprint density at radius 3 is 2.61 bits per heavy atom. The Balaban J connectivity index is 1.46. The number of carbonyl (C=O) groups excluding carboxylic acids is 2. The summed E-state index contributed by atoms with van der Waals surface area (Å²) < 4.78 is 6.24. The molecule has 6 rings (SSSR count). The molecule has 3 aliphatic heterocycles. The third-order valence-corrected chi connectivity index (χ3v) is 7.60. The lowest BCUT2D eigenvalue weighted by Gasteiger charge is -2.31. The van der Waals surface area contributed by atoms with Crippen LogP contribution in [0.25, 0.3) is 0 Å². The molecule has 2 aromatic carbocycles. The summed E-state index contributed by atoms with van der Waals surface area (Å²) in [5, 5.41) is 16.4. The molecule has 2 amide bonds. The lowest BCUT2D eigenvalue weighted by atomic mass is 9.75. The van der Waals surface area contributed by atoms with Crippen molar-refractivity contribution in [2.75, 3.05) is 11.9 Å². The summed E-state index contributed by atoms with van der Waals surface area (Å²) in [6.45, 7) is 0.693. The van der Waals surface area contributed by atoms with Gasteiger partial charge >= 0.3 is 0 Å². The quantitative estimate of drug-likeness (QED) is 0.667. The number of hydrogen-bond acceptors (Lipinski definition) is 5. The second kappa shape index (κ2) is 6.50. The van der Waals surface area contributed by atoms with Gasteiger partial charge in [0, 0.05) is 35.1 Å². The molecule has 0 radical (unpaired) electrons. The summed E-state index contributed by atoms with van der Waals surface area (Å²) in [6.07, 6.45) is 0. The number of anilines is 1. The van der Waals surface area contributed by atoms with Gasteiger partial charge in [-0.1, -0.05) is 54.6 Å². The Morgan fingerprint density at radius 2 is 1.84 bits per heavy atom. The van der Waals surface area contributed by atoms with E-state index in [0.717, 1.165) is 10.4 Å². The summed E-state index contributed by atoms with van der Waals surface area (Å²) in [5.41, 5.74) is 0.871. The van der Waals surface area contributed by atoms with Gasteiger partial charge in [-0.3, -0.25) is 9.59 Å². The minimum atomic E-state index is -2.06. The second-order valence-corrected chi connectivity index (χ2v) is 9.28. The average molecular weight is 433 g/mol. The van der Waals surface area contributed by atoms with Crippen LogP contribution in [-0.4, -0.2) is 34.2 Å². The lowest BCUT2D eigenvalue weighted by molar-refractivity contribution is -0.225. The molecule has 0 saturated carbocycles. The van der Waals surface area contributed by atoms with Crippen LogP contribution in [0.2, 0.25) is 0 Å². The molecule has 2 N–H and O–H groups in total. The molecule has 2 fully saturated rings. The second-order valence-electron chi connectivity index (χ2n) is 8.30. The average Bonchev–Trinajstić information content (AvgIpc) is 3.50. The van der Waals surface area contributed by atoms with Crippen LogP contribution in [0.3, 0.4) is 0 Å². The van der Waals surface area contributed by atoms with E-state index >= 15 is 0 Å². The molecule has 0 aliphatic carbocycles. The number of nitrogens with zero attached hydrogens (tertiary/aromatic N) is 1. The Bertz CT molecular complexity index is 1180. The highest BCUT2D eigenvalue weighted by molar-refractivity contribution is 7.10. The maximum absolute atomic E-state index is 13.4. The number of para-hydroxylation sites is 1. The predicted molar refractivity (Wildman–Crippen MR) is 115 cm³/mol.